The monoisotopic (exact) mass is 248 g/mol. The Labute approximate surface area is 108 Å². The molecule has 0 aliphatic carbocycles. The predicted molar refractivity (Wildman–Crippen MR) is 71.5 cm³/mol. The van der Waals surface area contributed by atoms with Crippen molar-refractivity contribution in [2.24, 2.45) is 0 Å². The molecule has 1 aromatic rings. The van der Waals surface area contributed by atoms with Crippen LogP contribution in [-0.4, -0.2) is 43.1 Å². The van der Waals surface area contributed by atoms with E-state index in [1.807, 2.05) is 24.5 Å². The van der Waals surface area contributed by atoms with Gasteiger partial charge in [-0.05, 0) is 18.6 Å². The fourth-order valence-electron chi connectivity index (χ4n) is 2.31. The molecule has 1 atom stereocenters. The lowest BCUT2D eigenvalue weighted by Gasteiger charge is -2.38. The first-order valence-electron chi connectivity index (χ1n) is 6.39. The number of aromatic nitrogens is 1. The van der Waals surface area contributed by atoms with Gasteiger partial charge in [-0.15, -0.1) is 0 Å². The second kappa shape index (κ2) is 6.35. The maximum Gasteiger partial charge on any atom is 0.216 e. The van der Waals surface area contributed by atoms with E-state index < -0.39 is 0 Å². The number of carbonyl (C=O) groups is 1. The summed E-state index contributed by atoms with van der Waals surface area (Å²) in [5.41, 5.74) is 1.21. The Balaban J connectivity index is 1.95. The average Bonchev–Trinajstić information content (AvgIpc) is 2.40. The molecule has 0 saturated carbocycles. The highest BCUT2D eigenvalue weighted by Crippen LogP contribution is 2.18. The Morgan fingerprint density at radius 3 is 3.06 bits per heavy atom. The summed E-state index contributed by atoms with van der Waals surface area (Å²) in [6.07, 6.45) is 4.60. The van der Waals surface area contributed by atoms with E-state index in [9.17, 15) is 4.79 Å². The van der Waals surface area contributed by atoms with Crippen LogP contribution in [-0.2, 0) is 4.79 Å². The standard InChI is InChI=1S/C13H20N4O/c1-11(18)16-7-4-13-10-15-8-9-17(13)12-2-5-14-6-3-12/h2-3,5-6,13,15H,4,7-10H2,1H3,(H,16,18). The van der Waals surface area contributed by atoms with Gasteiger partial charge < -0.3 is 15.5 Å². The minimum atomic E-state index is 0.0363. The Bertz CT molecular complexity index is 382. The summed E-state index contributed by atoms with van der Waals surface area (Å²) in [5.74, 6) is 0.0363. The third-order valence-electron chi connectivity index (χ3n) is 3.20. The summed E-state index contributed by atoms with van der Waals surface area (Å²) in [7, 11) is 0. The summed E-state index contributed by atoms with van der Waals surface area (Å²) < 4.78 is 0. The van der Waals surface area contributed by atoms with Gasteiger partial charge in [-0.2, -0.15) is 0 Å². The van der Waals surface area contributed by atoms with Crippen molar-refractivity contribution in [2.45, 2.75) is 19.4 Å². The lowest BCUT2D eigenvalue weighted by atomic mass is 10.1. The van der Waals surface area contributed by atoms with Crippen LogP contribution in [0.1, 0.15) is 13.3 Å². The summed E-state index contributed by atoms with van der Waals surface area (Å²) in [6.45, 7) is 5.23. The first-order chi connectivity index (χ1) is 8.77. The van der Waals surface area contributed by atoms with Crippen LogP contribution in [0.15, 0.2) is 24.5 Å². The quantitative estimate of drug-likeness (QED) is 0.809. The molecular weight excluding hydrogens is 228 g/mol. The zero-order valence-corrected chi connectivity index (χ0v) is 10.7. The molecule has 1 aliphatic heterocycles. The van der Waals surface area contributed by atoms with Crippen LogP contribution >= 0.6 is 0 Å². The van der Waals surface area contributed by atoms with E-state index in [0.29, 0.717) is 6.04 Å². The summed E-state index contributed by atoms with van der Waals surface area (Å²) in [4.78, 5) is 17.3. The minimum absolute atomic E-state index is 0.0363. The molecule has 0 bridgehead atoms. The molecule has 2 N–H and O–H groups in total. The van der Waals surface area contributed by atoms with E-state index in [4.69, 9.17) is 0 Å². The maximum atomic E-state index is 10.9. The van der Waals surface area contributed by atoms with Crippen LogP contribution in [0.4, 0.5) is 5.69 Å². The maximum absolute atomic E-state index is 10.9. The zero-order chi connectivity index (χ0) is 12.8. The molecule has 1 aliphatic rings. The molecule has 1 amide bonds. The van der Waals surface area contributed by atoms with E-state index >= 15 is 0 Å². The number of hydrogen-bond donors (Lipinski definition) is 2. The van der Waals surface area contributed by atoms with Gasteiger partial charge in [0.15, 0.2) is 0 Å². The van der Waals surface area contributed by atoms with Gasteiger partial charge >= 0.3 is 0 Å². The Kier molecular flexibility index (Phi) is 4.52. The summed E-state index contributed by atoms with van der Waals surface area (Å²) in [6, 6.07) is 4.50. The molecule has 0 spiro atoms. The molecule has 1 aromatic heterocycles. The van der Waals surface area contributed by atoms with Crippen molar-refractivity contribution >= 4 is 11.6 Å². The van der Waals surface area contributed by atoms with Crippen molar-refractivity contribution in [3.05, 3.63) is 24.5 Å². The van der Waals surface area contributed by atoms with Gasteiger partial charge in [0.05, 0.1) is 0 Å². The van der Waals surface area contributed by atoms with Crippen molar-refractivity contribution in [3.8, 4) is 0 Å². The number of amides is 1. The summed E-state index contributed by atoms with van der Waals surface area (Å²) >= 11 is 0. The molecule has 5 heteroatoms. The lowest BCUT2D eigenvalue weighted by molar-refractivity contribution is -0.118. The van der Waals surface area contributed by atoms with Crippen LogP contribution < -0.4 is 15.5 Å². The molecule has 1 unspecified atom stereocenters. The topological polar surface area (TPSA) is 57.3 Å². The molecule has 2 rings (SSSR count). The molecule has 2 heterocycles. The largest absolute Gasteiger partial charge is 0.366 e. The number of pyridine rings is 1. The van der Waals surface area contributed by atoms with Gasteiger partial charge in [0, 0.05) is 57.2 Å². The fourth-order valence-corrected chi connectivity index (χ4v) is 2.31. The second-order valence-electron chi connectivity index (χ2n) is 4.53. The van der Waals surface area contributed by atoms with Gasteiger partial charge in [-0.1, -0.05) is 0 Å². The van der Waals surface area contributed by atoms with Gasteiger partial charge in [0.25, 0.3) is 0 Å². The SMILES string of the molecule is CC(=O)NCCC1CNCCN1c1ccncc1. The first kappa shape index (κ1) is 12.8. The van der Waals surface area contributed by atoms with Crippen LogP contribution in [0.3, 0.4) is 0 Å². The van der Waals surface area contributed by atoms with E-state index in [-0.39, 0.29) is 5.91 Å². The highest BCUT2D eigenvalue weighted by molar-refractivity contribution is 5.72. The molecule has 0 aromatic carbocycles. The minimum Gasteiger partial charge on any atom is -0.366 e. The summed E-state index contributed by atoms with van der Waals surface area (Å²) in [5, 5.41) is 6.26. The lowest BCUT2D eigenvalue weighted by Crippen LogP contribution is -2.52. The van der Waals surface area contributed by atoms with Crippen molar-refractivity contribution in [1.82, 2.24) is 15.6 Å². The molecule has 5 nitrogen and oxygen atoms in total. The predicted octanol–water partition coefficient (Wildman–Crippen LogP) is 0.386. The van der Waals surface area contributed by atoms with Gasteiger partial charge in [0.2, 0.25) is 5.91 Å². The van der Waals surface area contributed by atoms with Gasteiger partial charge in [0.1, 0.15) is 0 Å². The smallest absolute Gasteiger partial charge is 0.216 e. The van der Waals surface area contributed by atoms with Crippen LogP contribution in [0.2, 0.25) is 0 Å². The molecule has 18 heavy (non-hydrogen) atoms. The average molecular weight is 248 g/mol. The molecule has 1 saturated heterocycles. The van der Waals surface area contributed by atoms with E-state index in [1.54, 1.807) is 6.92 Å². The van der Waals surface area contributed by atoms with Crippen LogP contribution in [0.5, 0.6) is 0 Å². The Morgan fingerprint density at radius 1 is 1.56 bits per heavy atom. The number of rotatable bonds is 4. The second-order valence-corrected chi connectivity index (χ2v) is 4.53. The van der Waals surface area contributed by atoms with Crippen LogP contribution in [0.25, 0.3) is 0 Å². The highest BCUT2D eigenvalue weighted by Gasteiger charge is 2.21. The highest BCUT2D eigenvalue weighted by atomic mass is 16.1. The normalized spacial score (nSPS) is 19.6. The number of nitrogens with one attached hydrogen (secondary N) is 2. The number of piperazine rings is 1. The van der Waals surface area contributed by atoms with E-state index in [0.717, 1.165) is 32.6 Å². The van der Waals surface area contributed by atoms with Gasteiger partial charge in [-0.25, -0.2) is 0 Å². The molecular formula is C13H20N4O. The number of anilines is 1. The van der Waals surface area contributed by atoms with Crippen molar-refractivity contribution in [3.63, 3.8) is 0 Å². The molecule has 1 fully saturated rings. The van der Waals surface area contributed by atoms with Crippen molar-refractivity contribution in [1.29, 1.82) is 0 Å². The molecule has 0 radical (unpaired) electrons. The van der Waals surface area contributed by atoms with E-state index in [1.165, 1.54) is 5.69 Å². The Morgan fingerprint density at radius 2 is 2.33 bits per heavy atom. The third-order valence-corrected chi connectivity index (χ3v) is 3.20. The number of nitrogens with zero attached hydrogens (tertiary/aromatic N) is 2. The number of carbonyl (C=O) groups excluding carboxylic acids is 1. The Hall–Kier alpha value is -1.62. The van der Waals surface area contributed by atoms with Crippen molar-refractivity contribution < 1.29 is 4.79 Å². The first-order valence-corrected chi connectivity index (χ1v) is 6.39. The van der Waals surface area contributed by atoms with Crippen LogP contribution in [0, 0.1) is 0 Å². The number of hydrogen-bond acceptors (Lipinski definition) is 4. The zero-order valence-electron chi connectivity index (χ0n) is 10.7. The fraction of sp³-hybridized carbons (Fsp3) is 0.538. The van der Waals surface area contributed by atoms with Gasteiger partial charge in [-0.3, -0.25) is 9.78 Å². The van der Waals surface area contributed by atoms with Crippen molar-refractivity contribution in [2.75, 3.05) is 31.1 Å². The third kappa shape index (κ3) is 3.43. The van der Waals surface area contributed by atoms with E-state index in [2.05, 4.69) is 20.5 Å². The molecule has 98 valence electrons.